The molecule has 1 aromatic rings. The maximum absolute atomic E-state index is 11.7. The van der Waals surface area contributed by atoms with Crippen LogP contribution in [0.2, 0.25) is 0 Å². The van der Waals surface area contributed by atoms with Gasteiger partial charge in [0.15, 0.2) is 0 Å². The molecule has 1 saturated carbocycles. The van der Waals surface area contributed by atoms with Gasteiger partial charge in [-0.1, -0.05) is 0 Å². The number of fused-ring (bicyclic) bond motifs is 1. The Labute approximate surface area is 137 Å². The number of rotatable bonds is 4. The van der Waals surface area contributed by atoms with Gasteiger partial charge in [0.25, 0.3) is 0 Å². The zero-order valence-electron chi connectivity index (χ0n) is 14.0. The first-order chi connectivity index (χ1) is 11.0. The summed E-state index contributed by atoms with van der Waals surface area (Å²) in [7, 11) is 4.27. The van der Waals surface area contributed by atoms with Crippen LogP contribution in [0.15, 0.2) is 6.07 Å². The van der Waals surface area contributed by atoms with E-state index in [4.69, 9.17) is 4.98 Å². The molecule has 23 heavy (non-hydrogen) atoms. The van der Waals surface area contributed by atoms with E-state index >= 15 is 0 Å². The van der Waals surface area contributed by atoms with Gasteiger partial charge in [0.2, 0.25) is 0 Å². The highest BCUT2D eigenvalue weighted by Crippen LogP contribution is 2.43. The predicted octanol–water partition coefficient (Wildman–Crippen LogP) is 2.04. The van der Waals surface area contributed by atoms with Crippen LogP contribution in [0.4, 0.5) is 5.82 Å². The van der Waals surface area contributed by atoms with E-state index in [2.05, 4.69) is 23.9 Å². The van der Waals surface area contributed by atoms with Crippen LogP contribution in [-0.4, -0.2) is 54.2 Å². The Balaban J connectivity index is 1.68. The lowest BCUT2D eigenvalue weighted by molar-refractivity contribution is 0.0697. The van der Waals surface area contributed by atoms with Crippen molar-refractivity contribution in [1.82, 2.24) is 9.88 Å². The quantitative estimate of drug-likeness (QED) is 0.921. The Morgan fingerprint density at radius 2 is 2.09 bits per heavy atom. The van der Waals surface area contributed by atoms with Crippen LogP contribution in [0.1, 0.15) is 40.9 Å². The van der Waals surface area contributed by atoms with Crippen LogP contribution in [-0.2, 0) is 12.8 Å². The molecular formula is C18H25N3O2. The highest BCUT2D eigenvalue weighted by atomic mass is 16.4. The summed E-state index contributed by atoms with van der Waals surface area (Å²) < 4.78 is 0. The summed E-state index contributed by atoms with van der Waals surface area (Å²) in [6, 6.07) is 2.38. The fraction of sp³-hybridized carbons (Fsp3) is 0.667. The second-order valence-corrected chi connectivity index (χ2v) is 7.56. The predicted molar refractivity (Wildman–Crippen MR) is 89.1 cm³/mol. The molecule has 5 heteroatoms. The van der Waals surface area contributed by atoms with Gasteiger partial charge in [0.1, 0.15) is 11.4 Å². The number of aryl methyl sites for hydroxylation is 2. The SMILES string of the molecule is CN(C)[C@H]1CN(c2nc3c(cc2C(=O)O)CCC3)C[C@@H]1C1CC1. The van der Waals surface area contributed by atoms with Gasteiger partial charge in [-0.2, -0.15) is 0 Å². The van der Waals surface area contributed by atoms with Crippen molar-refractivity contribution in [3.05, 3.63) is 22.9 Å². The smallest absolute Gasteiger partial charge is 0.339 e. The number of nitrogens with zero attached hydrogens (tertiary/aromatic N) is 3. The average molecular weight is 315 g/mol. The van der Waals surface area contributed by atoms with E-state index in [-0.39, 0.29) is 0 Å². The number of anilines is 1. The van der Waals surface area contributed by atoms with E-state index < -0.39 is 5.97 Å². The van der Waals surface area contributed by atoms with E-state index in [1.165, 1.54) is 12.8 Å². The summed E-state index contributed by atoms with van der Waals surface area (Å²) in [4.78, 5) is 21.1. The topological polar surface area (TPSA) is 56.7 Å². The average Bonchev–Trinajstić information content (AvgIpc) is 3.09. The molecule has 5 nitrogen and oxygen atoms in total. The number of carboxylic acid groups (broad SMARTS) is 1. The van der Waals surface area contributed by atoms with Crippen LogP contribution < -0.4 is 4.90 Å². The molecule has 1 saturated heterocycles. The zero-order chi connectivity index (χ0) is 16.1. The van der Waals surface area contributed by atoms with E-state index in [9.17, 15) is 9.90 Å². The maximum Gasteiger partial charge on any atom is 0.339 e. The monoisotopic (exact) mass is 315 g/mol. The van der Waals surface area contributed by atoms with Crippen molar-refractivity contribution in [1.29, 1.82) is 0 Å². The van der Waals surface area contributed by atoms with Crippen molar-refractivity contribution in [2.45, 2.75) is 38.1 Å². The van der Waals surface area contributed by atoms with Gasteiger partial charge in [-0.3, -0.25) is 0 Å². The lowest BCUT2D eigenvalue weighted by atomic mass is 9.97. The van der Waals surface area contributed by atoms with Gasteiger partial charge >= 0.3 is 5.97 Å². The van der Waals surface area contributed by atoms with Crippen molar-refractivity contribution in [2.24, 2.45) is 11.8 Å². The van der Waals surface area contributed by atoms with Crippen LogP contribution in [0.3, 0.4) is 0 Å². The van der Waals surface area contributed by atoms with Crippen LogP contribution in [0, 0.1) is 11.8 Å². The summed E-state index contributed by atoms with van der Waals surface area (Å²) in [6.07, 6.45) is 5.70. The van der Waals surface area contributed by atoms with E-state index in [1.54, 1.807) is 0 Å². The number of hydrogen-bond donors (Lipinski definition) is 1. The van der Waals surface area contributed by atoms with Crippen molar-refractivity contribution >= 4 is 11.8 Å². The summed E-state index contributed by atoms with van der Waals surface area (Å²) >= 11 is 0. The molecule has 0 spiro atoms. The first kappa shape index (κ1) is 14.9. The fourth-order valence-electron chi connectivity index (χ4n) is 4.38. The van der Waals surface area contributed by atoms with Gasteiger partial charge in [0.05, 0.1) is 0 Å². The van der Waals surface area contributed by atoms with Gasteiger partial charge in [-0.05, 0) is 69.7 Å². The lowest BCUT2D eigenvalue weighted by Crippen LogP contribution is -2.36. The normalized spacial score (nSPS) is 26.8. The van der Waals surface area contributed by atoms with Crippen LogP contribution in [0.5, 0.6) is 0 Å². The standard InChI is InChI=1S/C18H25N3O2/c1-20(2)16-10-21(9-14(16)11-6-7-11)17-13(18(22)23)8-12-4-3-5-15(12)19-17/h8,11,14,16H,3-7,9-10H2,1-2H3,(H,22,23)/t14-,16+/m1/s1. The number of aromatic carboxylic acids is 1. The molecule has 4 rings (SSSR count). The molecule has 2 aliphatic carbocycles. The highest BCUT2D eigenvalue weighted by Gasteiger charge is 2.44. The molecule has 0 radical (unpaired) electrons. The second-order valence-electron chi connectivity index (χ2n) is 7.56. The Bertz CT molecular complexity index is 629. The third-order valence-corrected chi connectivity index (χ3v) is 5.78. The van der Waals surface area contributed by atoms with Crippen molar-refractivity contribution in [2.75, 3.05) is 32.1 Å². The molecule has 1 aromatic heterocycles. The maximum atomic E-state index is 11.7. The summed E-state index contributed by atoms with van der Waals surface area (Å²) in [6.45, 7) is 1.83. The summed E-state index contributed by atoms with van der Waals surface area (Å²) in [5.74, 6) is 1.31. The summed E-state index contributed by atoms with van der Waals surface area (Å²) in [5, 5.41) is 9.64. The summed E-state index contributed by atoms with van der Waals surface area (Å²) in [5.41, 5.74) is 2.63. The number of pyridine rings is 1. The molecule has 3 aliphatic rings. The molecular weight excluding hydrogens is 290 g/mol. The van der Waals surface area contributed by atoms with E-state index in [0.717, 1.165) is 49.5 Å². The van der Waals surface area contributed by atoms with Crippen molar-refractivity contribution in [3.63, 3.8) is 0 Å². The first-order valence-corrected chi connectivity index (χ1v) is 8.72. The highest BCUT2D eigenvalue weighted by molar-refractivity contribution is 5.93. The molecule has 1 aliphatic heterocycles. The van der Waals surface area contributed by atoms with E-state index in [0.29, 0.717) is 23.3 Å². The number of carboxylic acids is 1. The Kier molecular flexibility index (Phi) is 3.56. The molecule has 0 unspecified atom stereocenters. The number of hydrogen-bond acceptors (Lipinski definition) is 4. The number of likely N-dealkylation sites (N-methyl/N-ethyl adjacent to an activating group) is 1. The molecule has 1 N–H and O–H groups in total. The molecule has 0 aromatic carbocycles. The van der Waals surface area contributed by atoms with Crippen LogP contribution in [0.25, 0.3) is 0 Å². The molecule has 2 fully saturated rings. The molecule has 0 bridgehead atoms. The van der Waals surface area contributed by atoms with Crippen LogP contribution >= 0.6 is 0 Å². The molecule has 2 atom stereocenters. The second kappa shape index (κ2) is 5.48. The van der Waals surface area contributed by atoms with Gasteiger partial charge < -0.3 is 14.9 Å². The van der Waals surface area contributed by atoms with Crippen molar-refractivity contribution < 1.29 is 9.90 Å². The largest absolute Gasteiger partial charge is 0.478 e. The van der Waals surface area contributed by atoms with Gasteiger partial charge in [-0.15, -0.1) is 0 Å². The van der Waals surface area contributed by atoms with Gasteiger partial charge in [-0.25, -0.2) is 9.78 Å². The number of carbonyl (C=O) groups is 1. The molecule has 0 amide bonds. The molecule has 2 heterocycles. The Hall–Kier alpha value is -1.62. The third-order valence-electron chi connectivity index (χ3n) is 5.78. The number of aromatic nitrogens is 1. The van der Waals surface area contributed by atoms with Crippen molar-refractivity contribution in [3.8, 4) is 0 Å². The minimum atomic E-state index is -0.849. The lowest BCUT2D eigenvalue weighted by Gasteiger charge is -2.24. The Morgan fingerprint density at radius 1 is 1.30 bits per heavy atom. The third kappa shape index (κ3) is 2.61. The van der Waals surface area contributed by atoms with Gasteiger partial charge in [0, 0.05) is 24.8 Å². The van der Waals surface area contributed by atoms with E-state index in [1.807, 2.05) is 6.07 Å². The minimum Gasteiger partial charge on any atom is -0.478 e. The Morgan fingerprint density at radius 3 is 2.74 bits per heavy atom. The first-order valence-electron chi connectivity index (χ1n) is 8.72. The fourth-order valence-corrected chi connectivity index (χ4v) is 4.38. The molecule has 124 valence electrons. The zero-order valence-corrected chi connectivity index (χ0v) is 14.0. The minimum absolute atomic E-state index is 0.389.